The monoisotopic (exact) mass is 523 g/mol. The average Bonchev–Trinajstić information content (AvgIpc) is 2.96. The molecule has 0 radical (unpaired) electrons. The maximum Gasteiger partial charge on any atom is 0.336 e. The van der Waals surface area contributed by atoms with Gasteiger partial charge in [0.2, 0.25) is 0 Å². The van der Waals surface area contributed by atoms with Crippen molar-refractivity contribution >= 4 is 11.8 Å². The largest absolute Gasteiger partial charge is 0.493 e. The quantitative estimate of drug-likeness (QED) is 0.355. The fourth-order valence-electron chi connectivity index (χ4n) is 5.53. The summed E-state index contributed by atoms with van der Waals surface area (Å²) in [6.45, 7) is 4.29. The zero-order valence-corrected chi connectivity index (χ0v) is 22.5. The third-order valence-electron chi connectivity index (χ3n) is 7.35. The lowest BCUT2D eigenvalue weighted by atomic mass is 9.71. The second kappa shape index (κ2) is 11.6. The van der Waals surface area contributed by atoms with Crippen molar-refractivity contribution in [2.45, 2.75) is 45.1 Å². The molecule has 0 fully saturated rings. The Balaban J connectivity index is 1.53. The average molecular weight is 524 g/mol. The Hall–Kier alpha value is -4.32. The molecular formula is C33H33NO5. The molecule has 0 unspecified atom stereocenters. The van der Waals surface area contributed by atoms with Gasteiger partial charge in [-0.25, -0.2) is 4.79 Å². The van der Waals surface area contributed by atoms with E-state index in [1.54, 1.807) is 14.0 Å². The maximum atomic E-state index is 13.8. The van der Waals surface area contributed by atoms with Crippen LogP contribution in [0.5, 0.6) is 11.5 Å². The predicted octanol–water partition coefficient (Wildman–Crippen LogP) is 6.20. The van der Waals surface area contributed by atoms with E-state index in [-0.39, 0.29) is 18.3 Å². The normalized spacial score (nSPS) is 18.8. The number of ketones is 1. The smallest absolute Gasteiger partial charge is 0.336 e. The van der Waals surface area contributed by atoms with Gasteiger partial charge in [0.25, 0.3) is 0 Å². The van der Waals surface area contributed by atoms with E-state index in [4.69, 9.17) is 14.2 Å². The van der Waals surface area contributed by atoms with Crippen molar-refractivity contribution in [3.05, 3.63) is 118 Å². The highest BCUT2D eigenvalue weighted by atomic mass is 16.5. The fraction of sp³-hybridized carbons (Fsp3) is 0.273. The topological polar surface area (TPSA) is 73.9 Å². The molecule has 200 valence electrons. The van der Waals surface area contributed by atoms with Crippen molar-refractivity contribution in [1.29, 1.82) is 0 Å². The van der Waals surface area contributed by atoms with Crippen molar-refractivity contribution in [2.75, 3.05) is 13.7 Å². The molecule has 6 heteroatoms. The van der Waals surface area contributed by atoms with Crippen LogP contribution >= 0.6 is 0 Å². The molecule has 0 aromatic heterocycles. The molecule has 1 N–H and O–H groups in total. The molecule has 0 spiro atoms. The van der Waals surface area contributed by atoms with Crippen LogP contribution in [0.3, 0.4) is 0 Å². The lowest BCUT2D eigenvalue weighted by Crippen LogP contribution is -2.36. The molecule has 1 aliphatic carbocycles. The van der Waals surface area contributed by atoms with Gasteiger partial charge in [0.05, 0.1) is 19.3 Å². The minimum absolute atomic E-state index is 0.0280. The summed E-state index contributed by atoms with van der Waals surface area (Å²) >= 11 is 0. The zero-order chi connectivity index (χ0) is 27.4. The number of nitrogens with one attached hydrogen (secondary N) is 1. The Morgan fingerprint density at radius 2 is 1.64 bits per heavy atom. The van der Waals surface area contributed by atoms with Crippen molar-refractivity contribution in [3.63, 3.8) is 0 Å². The van der Waals surface area contributed by atoms with Crippen LogP contribution in [0.25, 0.3) is 0 Å². The van der Waals surface area contributed by atoms with E-state index in [2.05, 4.69) is 17.4 Å². The van der Waals surface area contributed by atoms with Crippen molar-refractivity contribution in [1.82, 2.24) is 5.32 Å². The van der Waals surface area contributed by atoms with Gasteiger partial charge in [0.15, 0.2) is 17.3 Å². The van der Waals surface area contributed by atoms with E-state index in [9.17, 15) is 9.59 Å². The van der Waals surface area contributed by atoms with Gasteiger partial charge >= 0.3 is 5.97 Å². The summed E-state index contributed by atoms with van der Waals surface area (Å²) in [5, 5.41) is 3.40. The Kier molecular flexibility index (Phi) is 7.82. The highest BCUT2D eigenvalue weighted by Gasteiger charge is 2.41. The second-order valence-corrected chi connectivity index (χ2v) is 9.83. The first-order valence-corrected chi connectivity index (χ1v) is 13.3. The van der Waals surface area contributed by atoms with Crippen LogP contribution in [-0.2, 0) is 20.9 Å². The van der Waals surface area contributed by atoms with Crippen LogP contribution in [0.2, 0.25) is 0 Å². The standard InChI is InChI=1S/C33H33NO5/c1-4-38-33(36)30-21(2)34-26-17-25(23-13-9-6-10-14-23)18-27(35)32(26)31(30)24-15-16-28(29(19-24)37-3)39-20-22-11-7-5-8-12-22/h5-16,19,25,31,34H,4,17-18,20H2,1-3H3/t25-,31+/m1/s1. The van der Waals surface area contributed by atoms with Crippen molar-refractivity contribution in [3.8, 4) is 11.5 Å². The van der Waals surface area contributed by atoms with Crippen molar-refractivity contribution in [2.24, 2.45) is 0 Å². The predicted molar refractivity (Wildman–Crippen MR) is 149 cm³/mol. The molecule has 3 aromatic carbocycles. The minimum Gasteiger partial charge on any atom is -0.493 e. The van der Waals surface area contributed by atoms with Gasteiger partial charge in [-0.15, -0.1) is 0 Å². The van der Waals surface area contributed by atoms with Gasteiger partial charge in [-0.05, 0) is 55.0 Å². The van der Waals surface area contributed by atoms with Crippen molar-refractivity contribution < 1.29 is 23.8 Å². The molecule has 1 heterocycles. The lowest BCUT2D eigenvalue weighted by molar-refractivity contribution is -0.138. The van der Waals surface area contributed by atoms with Gasteiger partial charge in [0.1, 0.15) is 6.61 Å². The molecule has 5 rings (SSSR count). The molecule has 2 aliphatic rings. The number of benzene rings is 3. The first-order chi connectivity index (χ1) is 19.0. The second-order valence-electron chi connectivity index (χ2n) is 9.83. The van der Waals surface area contributed by atoms with Crippen LogP contribution in [0, 0.1) is 0 Å². The molecule has 1 aliphatic heterocycles. The number of ether oxygens (including phenoxy) is 3. The van der Waals surface area contributed by atoms with Crippen LogP contribution in [-0.4, -0.2) is 25.5 Å². The maximum absolute atomic E-state index is 13.8. The van der Waals surface area contributed by atoms with E-state index in [1.807, 2.05) is 73.7 Å². The first-order valence-electron chi connectivity index (χ1n) is 13.3. The number of rotatable bonds is 8. The summed E-state index contributed by atoms with van der Waals surface area (Å²) in [5.41, 5.74) is 5.58. The number of methoxy groups -OCH3 is 1. The van der Waals surface area contributed by atoms with Crippen LogP contribution in [0.1, 0.15) is 55.2 Å². The van der Waals surface area contributed by atoms with E-state index >= 15 is 0 Å². The Bertz CT molecular complexity index is 1420. The fourth-order valence-corrected chi connectivity index (χ4v) is 5.53. The third-order valence-corrected chi connectivity index (χ3v) is 7.35. The van der Waals surface area contributed by atoms with Gasteiger partial charge in [-0.3, -0.25) is 4.79 Å². The lowest BCUT2D eigenvalue weighted by Gasteiger charge is -2.36. The molecule has 2 atom stereocenters. The van der Waals surface area contributed by atoms with E-state index in [1.165, 1.54) is 0 Å². The Morgan fingerprint density at radius 3 is 2.33 bits per heavy atom. The first kappa shape index (κ1) is 26.3. The number of esters is 1. The molecule has 3 aromatic rings. The molecule has 6 nitrogen and oxygen atoms in total. The zero-order valence-electron chi connectivity index (χ0n) is 22.5. The van der Waals surface area contributed by atoms with Gasteiger partial charge in [-0.1, -0.05) is 66.7 Å². The summed E-state index contributed by atoms with van der Waals surface area (Å²) < 4.78 is 17.2. The number of Topliss-reactive ketones (excluding diaryl/α,β-unsaturated/α-hetero) is 1. The summed E-state index contributed by atoms with van der Waals surface area (Å²) in [4.78, 5) is 27.0. The molecular weight excluding hydrogens is 490 g/mol. The highest BCUT2D eigenvalue weighted by Crippen LogP contribution is 2.47. The molecule has 0 amide bonds. The summed E-state index contributed by atoms with van der Waals surface area (Å²) in [6.07, 6.45) is 1.07. The van der Waals surface area contributed by atoms with Crippen LogP contribution in [0.15, 0.2) is 101 Å². The van der Waals surface area contributed by atoms with Crippen LogP contribution in [0.4, 0.5) is 0 Å². The van der Waals surface area contributed by atoms with E-state index < -0.39 is 11.9 Å². The van der Waals surface area contributed by atoms with Gasteiger partial charge < -0.3 is 19.5 Å². The van der Waals surface area contributed by atoms with Crippen LogP contribution < -0.4 is 14.8 Å². The number of hydrogen-bond acceptors (Lipinski definition) is 6. The number of allylic oxidation sites excluding steroid dienone is 3. The Morgan fingerprint density at radius 1 is 0.923 bits per heavy atom. The number of hydrogen-bond donors (Lipinski definition) is 1. The molecule has 0 saturated heterocycles. The third kappa shape index (κ3) is 5.46. The van der Waals surface area contributed by atoms with E-state index in [0.717, 1.165) is 22.4 Å². The summed E-state index contributed by atoms with van der Waals surface area (Å²) in [5.74, 6) is 0.231. The number of carbonyl (C=O) groups excluding carboxylic acids is 2. The summed E-state index contributed by atoms with van der Waals surface area (Å²) in [6, 6.07) is 25.6. The molecule has 0 bridgehead atoms. The summed E-state index contributed by atoms with van der Waals surface area (Å²) in [7, 11) is 1.59. The molecule has 39 heavy (non-hydrogen) atoms. The van der Waals surface area contributed by atoms with Gasteiger partial charge in [-0.2, -0.15) is 0 Å². The SMILES string of the molecule is CCOC(=O)C1=C(C)NC2=C(C(=O)C[C@H](c3ccccc3)C2)[C@H]1c1ccc(OCc2ccccc2)c(OC)c1. The number of carbonyl (C=O) groups is 2. The Labute approximate surface area is 229 Å². The minimum atomic E-state index is -0.568. The van der Waals surface area contributed by atoms with Gasteiger partial charge in [0, 0.05) is 29.3 Å². The number of dihydropyridines is 1. The molecule has 0 saturated carbocycles. The highest BCUT2D eigenvalue weighted by molar-refractivity contribution is 6.04. The van der Waals surface area contributed by atoms with E-state index in [0.29, 0.717) is 47.8 Å².